The molecule has 0 aliphatic rings. The lowest BCUT2D eigenvalue weighted by molar-refractivity contribution is -0.137. The molecule has 0 spiro atoms. The van der Waals surface area contributed by atoms with Crippen LogP contribution in [0.3, 0.4) is 0 Å². The third-order valence-electron chi connectivity index (χ3n) is 3.47. The van der Waals surface area contributed by atoms with E-state index in [1.807, 2.05) is 0 Å². The SMILES string of the molecule is C=NS/C(C(=O)Nc1ccc(-c2cc(C(F)(F)F)ccc2Cl)cc1)=C(/C)N. The number of rotatable bonds is 5. The maximum atomic E-state index is 12.9. The number of halogens is 4. The fourth-order valence-corrected chi connectivity index (χ4v) is 2.83. The van der Waals surface area contributed by atoms with Crippen LogP contribution in [0.15, 0.2) is 57.5 Å². The van der Waals surface area contributed by atoms with Gasteiger partial charge in [-0.05, 0) is 49.5 Å². The first-order valence-electron chi connectivity index (χ1n) is 7.51. The molecule has 4 nitrogen and oxygen atoms in total. The van der Waals surface area contributed by atoms with Gasteiger partial charge in [0.1, 0.15) is 4.91 Å². The second-order valence-electron chi connectivity index (χ2n) is 5.46. The van der Waals surface area contributed by atoms with Crippen molar-refractivity contribution in [1.29, 1.82) is 0 Å². The molecule has 0 aliphatic carbocycles. The Morgan fingerprint density at radius 1 is 1.22 bits per heavy atom. The molecule has 142 valence electrons. The van der Waals surface area contributed by atoms with E-state index in [0.717, 1.165) is 24.1 Å². The van der Waals surface area contributed by atoms with Gasteiger partial charge in [-0.15, -0.1) is 0 Å². The Kier molecular flexibility index (Phi) is 6.56. The summed E-state index contributed by atoms with van der Waals surface area (Å²) in [6, 6.07) is 9.35. The van der Waals surface area contributed by atoms with Crippen molar-refractivity contribution in [3.63, 3.8) is 0 Å². The smallest absolute Gasteiger partial charge is 0.401 e. The summed E-state index contributed by atoms with van der Waals surface area (Å²) in [6.45, 7) is 4.86. The van der Waals surface area contributed by atoms with Gasteiger partial charge in [0.25, 0.3) is 5.91 Å². The number of allylic oxidation sites excluding steroid dienone is 1. The highest BCUT2D eigenvalue weighted by Crippen LogP contribution is 2.36. The van der Waals surface area contributed by atoms with E-state index in [4.69, 9.17) is 17.3 Å². The molecule has 0 saturated heterocycles. The van der Waals surface area contributed by atoms with Gasteiger partial charge in [-0.1, -0.05) is 23.7 Å². The van der Waals surface area contributed by atoms with Crippen LogP contribution >= 0.6 is 23.5 Å². The molecule has 0 aromatic heterocycles. The number of nitrogens with two attached hydrogens (primary N) is 1. The van der Waals surface area contributed by atoms with Crippen LogP contribution < -0.4 is 11.1 Å². The normalized spacial score (nSPS) is 12.3. The average molecular weight is 414 g/mol. The van der Waals surface area contributed by atoms with Gasteiger partial charge in [0.2, 0.25) is 0 Å². The summed E-state index contributed by atoms with van der Waals surface area (Å²) in [5.41, 5.74) is 6.31. The Balaban J connectivity index is 2.27. The fourth-order valence-electron chi connectivity index (χ4n) is 2.20. The number of carbonyl (C=O) groups is 1. The zero-order valence-corrected chi connectivity index (χ0v) is 15.7. The minimum Gasteiger partial charge on any atom is -0.401 e. The van der Waals surface area contributed by atoms with E-state index in [1.54, 1.807) is 31.2 Å². The second-order valence-corrected chi connectivity index (χ2v) is 6.71. The first kappa shape index (κ1) is 20.9. The standard InChI is InChI=1S/C18H15ClF3N3OS/c1-10(23)16(27-24-2)17(26)25-13-6-3-11(4-7-13)14-9-12(18(20,21)22)5-8-15(14)19/h3-9H,2,23H2,1H3,(H,25,26)/b16-10-. The largest absolute Gasteiger partial charge is 0.416 e. The van der Waals surface area contributed by atoms with Gasteiger partial charge >= 0.3 is 6.18 Å². The van der Waals surface area contributed by atoms with Crippen molar-refractivity contribution in [1.82, 2.24) is 0 Å². The van der Waals surface area contributed by atoms with Crippen molar-refractivity contribution in [3.05, 3.63) is 63.7 Å². The van der Waals surface area contributed by atoms with E-state index in [9.17, 15) is 18.0 Å². The van der Waals surface area contributed by atoms with E-state index in [2.05, 4.69) is 16.4 Å². The van der Waals surface area contributed by atoms with Crippen LogP contribution in [0.5, 0.6) is 0 Å². The molecule has 2 rings (SSSR count). The summed E-state index contributed by atoms with van der Waals surface area (Å²) in [5, 5.41) is 2.83. The molecule has 0 radical (unpaired) electrons. The van der Waals surface area contributed by atoms with Gasteiger partial charge in [0, 0.05) is 33.9 Å². The molecule has 1 amide bonds. The van der Waals surface area contributed by atoms with E-state index < -0.39 is 17.6 Å². The van der Waals surface area contributed by atoms with E-state index in [-0.39, 0.29) is 21.2 Å². The summed E-state index contributed by atoms with van der Waals surface area (Å²) in [5.74, 6) is -0.461. The third kappa shape index (κ3) is 5.27. The second kappa shape index (κ2) is 8.49. The van der Waals surface area contributed by atoms with E-state index >= 15 is 0 Å². The monoisotopic (exact) mass is 413 g/mol. The van der Waals surface area contributed by atoms with Crippen molar-refractivity contribution in [3.8, 4) is 11.1 Å². The van der Waals surface area contributed by atoms with Crippen LogP contribution in [0, 0.1) is 0 Å². The van der Waals surface area contributed by atoms with Crippen molar-refractivity contribution >= 4 is 41.9 Å². The van der Waals surface area contributed by atoms with E-state index in [0.29, 0.717) is 11.3 Å². The van der Waals surface area contributed by atoms with Crippen LogP contribution in [0.4, 0.5) is 18.9 Å². The molecule has 27 heavy (non-hydrogen) atoms. The van der Waals surface area contributed by atoms with Gasteiger partial charge in [-0.25, -0.2) is 4.40 Å². The molecule has 3 N–H and O–H groups in total. The summed E-state index contributed by atoms with van der Waals surface area (Å²) in [7, 11) is 0. The van der Waals surface area contributed by atoms with Crippen molar-refractivity contribution < 1.29 is 18.0 Å². The number of hydrogen-bond donors (Lipinski definition) is 2. The van der Waals surface area contributed by atoms with Crippen LogP contribution in [0.25, 0.3) is 11.1 Å². The predicted octanol–water partition coefficient (Wildman–Crippen LogP) is 5.50. The molecule has 0 atom stereocenters. The third-order valence-corrected chi connectivity index (χ3v) is 4.62. The fraction of sp³-hybridized carbons (Fsp3) is 0.111. The maximum Gasteiger partial charge on any atom is 0.416 e. The number of hydrogen-bond acceptors (Lipinski definition) is 4. The van der Waals surface area contributed by atoms with E-state index in [1.165, 1.54) is 6.07 Å². The van der Waals surface area contributed by atoms with Crippen LogP contribution in [-0.2, 0) is 11.0 Å². The number of nitrogens with zero attached hydrogens (tertiary/aromatic N) is 1. The quantitative estimate of drug-likeness (QED) is 0.386. The molecule has 2 aromatic carbocycles. The van der Waals surface area contributed by atoms with Crippen LogP contribution in [0.1, 0.15) is 12.5 Å². The highest BCUT2D eigenvalue weighted by molar-refractivity contribution is 8.02. The Hall–Kier alpha value is -2.45. The molecule has 2 aromatic rings. The zero-order valence-electron chi connectivity index (χ0n) is 14.1. The minimum absolute atomic E-state index is 0.192. The molecular weight excluding hydrogens is 399 g/mol. The Bertz CT molecular complexity index is 892. The van der Waals surface area contributed by atoms with Crippen molar-refractivity contribution in [2.75, 3.05) is 5.32 Å². The predicted molar refractivity (Wildman–Crippen MR) is 105 cm³/mol. The summed E-state index contributed by atoms with van der Waals surface area (Å²) in [6.07, 6.45) is -4.47. The number of benzene rings is 2. The molecule has 0 saturated carbocycles. The molecule has 0 unspecified atom stereocenters. The summed E-state index contributed by atoms with van der Waals surface area (Å²) >= 11 is 6.89. The molecule has 9 heteroatoms. The maximum absolute atomic E-state index is 12.9. The first-order valence-corrected chi connectivity index (χ1v) is 8.66. The summed E-state index contributed by atoms with van der Waals surface area (Å²) < 4.78 is 42.3. The van der Waals surface area contributed by atoms with Gasteiger partial charge < -0.3 is 11.1 Å². The number of carbonyl (C=O) groups excluding carboxylic acids is 1. The number of amides is 1. The number of alkyl halides is 3. The Morgan fingerprint density at radius 2 is 1.85 bits per heavy atom. The lowest BCUT2D eigenvalue weighted by Crippen LogP contribution is -2.15. The molecule has 0 aliphatic heterocycles. The Labute approximate surface area is 163 Å². The first-order chi connectivity index (χ1) is 12.6. The minimum atomic E-state index is -4.47. The zero-order chi connectivity index (χ0) is 20.2. The van der Waals surface area contributed by atoms with Gasteiger partial charge in [-0.2, -0.15) is 13.2 Å². The highest BCUT2D eigenvalue weighted by Gasteiger charge is 2.31. The van der Waals surface area contributed by atoms with Crippen LogP contribution in [0.2, 0.25) is 5.02 Å². The number of nitrogens with one attached hydrogen (secondary N) is 1. The molecule has 0 fully saturated rings. The van der Waals surface area contributed by atoms with Crippen molar-refractivity contribution in [2.24, 2.45) is 10.1 Å². The van der Waals surface area contributed by atoms with Crippen LogP contribution in [-0.4, -0.2) is 12.6 Å². The van der Waals surface area contributed by atoms with Gasteiger partial charge in [-0.3, -0.25) is 4.79 Å². The lowest BCUT2D eigenvalue weighted by Gasteiger charge is -2.12. The highest BCUT2D eigenvalue weighted by atomic mass is 35.5. The molecule has 0 heterocycles. The van der Waals surface area contributed by atoms with Gasteiger partial charge in [0.05, 0.1) is 5.56 Å². The number of anilines is 1. The Morgan fingerprint density at radius 3 is 2.37 bits per heavy atom. The molecule has 0 bridgehead atoms. The van der Waals surface area contributed by atoms with Crippen molar-refractivity contribution in [2.45, 2.75) is 13.1 Å². The molecular formula is C18H15ClF3N3OS. The lowest BCUT2D eigenvalue weighted by atomic mass is 10.0. The topological polar surface area (TPSA) is 67.5 Å². The average Bonchev–Trinajstić information content (AvgIpc) is 2.59. The van der Waals surface area contributed by atoms with Gasteiger partial charge in [0.15, 0.2) is 0 Å². The summed E-state index contributed by atoms with van der Waals surface area (Å²) in [4.78, 5) is 12.4.